The molecule has 0 saturated carbocycles. The Kier molecular flexibility index (Phi) is 9.90. The fourth-order valence-corrected chi connectivity index (χ4v) is 5.44. The Bertz CT molecular complexity index is 1240. The summed E-state index contributed by atoms with van der Waals surface area (Å²) in [6.45, 7) is 4.41. The Labute approximate surface area is 225 Å². The lowest BCUT2D eigenvalue weighted by Crippen LogP contribution is -2.25. The number of imidazole rings is 1. The average molecular weight is 576 g/mol. The van der Waals surface area contributed by atoms with E-state index in [2.05, 4.69) is 4.98 Å². The highest BCUT2D eigenvalue weighted by atomic mass is 35.5. The molecule has 3 aromatic rings. The molecule has 0 saturated heterocycles. The molecule has 36 heavy (non-hydrogen) atoms. The topological polar surface area (TPSA) is 96.7 Å². The molecule has 0 N–H and O–H groups in total. The molecular formula is C24H25Cl3N2O6S. The minimum atomic E-state index is -3.92. The van der Waals surface area contributed by atoms with Crippen LogP contribution < -0.4 is 9.47 Å². The van der Waals surface area contributed by atoms with E-state index in [1.54, 1.807) is 24.7 Å². The number of ether oxygens (including phenoxy) is 3. The average Bonchev–Trinajstić information content (AvgIpc) is 3.34. The molecule has 0 amide bonds. The van der Waals surface area contributed by atoms with Gasteiger partial charge in [-0.15, -0.1) is 11.6 Å². The number of esters is 1. The van der Waals surface area contributed by atoms with Gasteiger partial charge in [0, 0.05) is 31.8 Å². The number of alkyl halides is 1. The third kappa shape index (κ3) is 7.52. The van der Waals surface area contributed by atoms with Crippen LogP contribution in [0.5, 0.6) is 11.5 Å². The fraction of sp³-hybridized carbons (Fsp3) is 0.333. The molecular weight excluding hydrogens is 551 g/mol. The van der Waals surface area contributed by atoms with Crippen LogP contribution in [0.2, 0.25) is 10.0 Å². The van der Waals surface area contributed by atoms with Crippen LogP contribution in [0.15, 0.2) is 64.9 Å². The summed E-state index contributed by atoms with van der Waals surface area (Å²) in [5, 5.41) is -0.0203. The Morgan fingerprint density at radius 1 is 1.06 bits per heavy atom. The molecule has 1 aromatic heterocycles. The SMILES string of the molecule is CC(=O)O[C@H](CCl)COc1c(Cl)cc(S(=O)(=O)c2ccc(OC[C@H](C)Cn3ccnc3)cc2)cc1Cl. The molecule has 3 rings (SSSR count). The van der Waals surface area contributed by atoms with Gasteiger partial charge in [0.25, 0.3) is 0 Å². The quantitative estimate of drug-likeness (QED) is 0.214. The minimum absolute atomic E-state index is 0.00448. The van der Waals surface area contributed by atoms with Crippen molar-refractivity contribution in [3.8, 4) is 11.5 Å². The lowest BCUT2D eigenvalue weighted by atomic mass is 10.2. The van der Waals surface area contributed by atoms with E-state index in [9.17, 15) is 13.2 Å². The lowest BCUT2D eigenvalue weighted by Gasteiger charge is -2.17. The normalized spacial score (nSPS) is 13.1. The molecule has 0 aliphatic rings. The standard InChI is InChI=1S/C24H25Cl3N2O6S/c1-16(12-29-8-7-28-15-29)13-33-18-3-5-20(6-4-18)36(31,32)21-9-22(26)24(23(27)10-21)34-14-19(11-25)35-17(2)30/h3-10,15-16,19H,11-14H2,1-2H3/t16-,19-/m1/s1. The van der Waals surface area contributed by atoms with E-state index in [1.807, 2.05) is 17.7 Å². The van der Waals surface area contributed by atoms with Gasteiger partial charge in [-0.3, -0.25) is 4.79 Å². The van der Waals surface area contributed by atoms with Crippen LogP contribution in [0.1, 0.15) is 13.8 Å². The van der Waals surface area contributed by atoms with Crippen LogP contribution in [0.25, 0.3) is 0 Å². The zero-order valence-corrected chi connectivity index (χ0v) is 22.6. The van der Waals surface area contributed by atoms with Crippen molar-refractivity contribution in [2.45, 2.75) is 36.3 Å². The van der Waals surface area contributed by atoms with Crippen LogP contribution >= 0.6 is 34.8 Å². The third-order valence-electron chi connectivity index (χ3n) is 4.95. The van der Waals surface area contributed by atoms with Crippen molar-refractivity contribution in [2.75, 3.05) is 19.1 Å². The molecule has 0 unspecified atom stereocenters. The van der Waals surface area contributed by atoms with Gasteiger partial charge in [0.1, 0.15) is 18.5 Å². The van der Waals surface area contributed by atoms with Crippen LogP contribution in [0, 0.1) is 5.92 Å². The summed E-state index contributed by atoms with van der Waals surface area (Å²) in [5.74, 6) is 0.329. The van der Waals surface area contributed by atoms with E-state index >= 15 is 0 Å². The maximum Gasteiger partial charge on any atom is 0.303 e. The van der Waals surface area contributed by atoms with Crippen LogP contribution in [-0.2, 0) is 25.9 Å². The largest absolute Gasteiger partial charge is 0.493 e. The van der Waals surface area contributed by atoms with E-state index in [1.165, 1.54) is 31.2 Å². The number of sulfone groups is 1. The Morgan fingerprint density at radius 3 is 2.28 bits per heavy atom. The Morgan fingerprint density at radius 2 is 1.72 bits per heavy atom. The zero-order valence-electron chi connectivity index (χ0n) is 19.6. The van der Waals surface area contributed by atoms with Gasteiger partial charge in [0.2, 0.25) is 9.84 Å². The molecule has 0 radical (unpaired) electrons. The fourth-order valence-electron chi connectivity index (χ4n) is 3.25. The smallest absolute Gasteiger partial charge is 0.303 e. The van der Waals surface area contributed by atoms with Crippen molar-refractivity contribution in [2.24, 2.45) is 5.92 Å². The van der Waals surface area contributed by atoms with Crippen LogP contribution in [0.4, 0.5) is 0 Å². The summed E-state index contributed by atoms with van der Waals surface area (Å²) in [4.78, 5) is 15.1. The van der Waals surface area contributed by atoms with E-state index in [0.29, 0.717) is 12.4 Å². The number of benzene rings is 2. The van der Waals surface area contributed by atoms with Gasteiger partial charge in [-0.2, -0.15) is 0 Å². The predicted molar refractivity (Wildman–Crippen MR) is 137 cm³/mol. The number of carbonyl (C=O) groups is 1. The minimum Gasteiger partial charge on any atom is -0.493 e. The second kappa shape index (κ2) is 12.7. The first kappa shape index (κ1) is 28.1. The Balaban J connectivity index is 1.67. The molecule has 2 aromatic carbocycles. The molecule has 2 atom stereocenters. The maximum atomic E-state index is 13.2. The Hall–Kier alpha value is -2.46. The molecule has 12 heteroatoms. The molecule has 0 bridgehead atoms. The molecule has 194 valence electrons. The van der Waals surface area contributed by atoms with E-state index < -0.39 is 21.9 Å². The van der Waals surface area contributed by atoms with Gasteiger partial charge >= 0.3 is 5.97 Å². The van der Waals surface area contributed by atoms with Gasteiger partial charge in [-0.05, 0) is 36.4 Å². The molecule has 1 heterocycles. The van der Waals surface area contributed by atoms with Crippen molar-refractivity contribution < 1.29 is 27.4 Å². The molecule has 0 spiro atoms. The molecule has 8 nitrogen and oxygen atoms in total. The number of halogens is 3. The summed E-state index contributed by atoms with van der Waals surface area (Å²) in [6, 6.07) is 8.62. The lowest BCUT2D eigenvalue weighted by molar-refractivity contribution is -0.146. The van der Waals surface area contributed by atoms with Crippen molar-refractivity contribution in [1.29, 1.82) is 0 Å². The van der Waals surface area contributed by atoms with Crippen molar-refractivity contribution >= 4 is 50.6 Å². The zero-order chi connectivity index (χ0) is 26.3. The molecule has 0 aliphatic heterocycles. The molecule has 0 aliphatic carbocycles. The van der Waals surface area contributed by atoms with Gasteiger partial charge in [-0.25, -0.2) is 13.4 Å². The van der Waals surface area contributed by atoms with Gasteiger partial charge in [-0.1, -0.05) is 30.1 Å². The number of hydrogen-bond acceptors (Lipinski definition) is 7. The number of nitrogens with zero attached hydrogens (tertiary/aromatic N) is 2. The number of aromatic nitrogens is 2. The number of carbonyl (C=O) groups excluding carboxylic acids is 1. The van der Waals surface area contributed by atoms with Crippen molar-refractivity contribution in [3.63, 3.8) is 0 Å². The van der Waals surface area contributed by atoms with E-state index in [0.717, 1.165) is 6.54 Å². The maximum absolute atomic E-state index is 13.2. The highest BCUT2D eigenvalue weighted by molar-refractivity contribution is 7.91. The van der Waals surface area contributed by atoms with Crippen molar-refractivity contribution in [3.05, 3.63) is 65.2 Å². The van der Waals surface area contributed by atoms with Crippen LogP contribution in [-0.4, -0.2) is 49.1 Å². The first-order valence-electron chi connectivity index (χ1n) is 10.9. The van der Waals surface area contributed by atoms with Gasteiger partial charge in [0.15, 0.2) is 5.75 Å². The summed E-state index contributed by atoms with van der Waals surface area (Å²) in [5.41, 5.74) is 0. The van der Waals surface area contributed by atoms with E-state index in [4.69, 9.17) is 49.0 Å². The highest BCUT2D eigenvalue weighted by Crippen LogP contribution is 2.37. The van der Waals surface area contributed by atoms with Crippen LogP contribution in [0.3, 0.4) is 0 Å². The first-order valence-corrected chi connectivity index (χ1v) is 13.7. The molecule has 0 fully saturated rings. The number of hydrogen-bond donors (Lipinski definition) is 0. The second-order valence-electron chi connectivity index (χ2n) is 8.06. The van der Waals surface area contributed by atoms with Gasteiger partial charge in [0.05, 0.1) is 38.7 Å². The van der Waals surface area contributed by atoms with Gasteiger partial charge < -0.3 is 18.8 Å². The number of rotatable bonds is 12. The summed E-state index contributed by atoms with van der Waals surface area (Å²) < 4.78 is 44.6. The second-order valence-corrected chi connectivity index (χ2v) is 11.1. The first-order chi connectivity index (χ1) is 17.1. The highest BCUT2D eigenvalue weighted by Gasteiger charge is 2.23. The van der Waals surface area contributed by atoms with E-state index in [-0.39, 0.29) is 44.0 Å². The van der Waals surface area contributed by atoms with Crippen molar-refractivity contribution in [1.82, 2.24) is 9.55 Å². The third-order valence-corrected chi connectivity index (χ3v) is 7.61. The monoisotopic (exact) mass is 574 g/mol. The summed E-state index contributed by atoms with van der Waals surface area (Å²) in [6.07, 6.45) is 4.63. The predicted octanol–water partition coefficient (Wildman–Crippen LogP) is 5.29. The summed E-state index contributed by atoms with van der Waals surface area (Å²) in [7, 11) is -3.92. The summed E-state index contributed by atoms with van der Waals surface area (Å²) >= 11 is 18.3.